The van der Waals surface area contributed by atoms with E-state index in [9.17, 15) is 23.7 Å². The number of hydrogen-bond donors (Lipinski definition) is 1. The van der Waals surface area contributed by atoms with E-state index >= 15 is 0 Å². The lowest BCUT2D eigenvalue weighted by Crippen LogP contribution is -2.25. The predicted octanol–water partition coefficient (Wildman–Crippen LogP) is 3.14. The van der Waals surface area contributed by atoms with Crippen LogP contribution in [0.25, 0.3) is 0 Å². The Morgan fingerprint density at radius 3 is 2.62 bits per heavy atom. The molecule has 21 heavy (non-hydrogen) atoms. The smallest absolute Gasteiger partial charge is 0.307 e. The van der Waals surface area contributed by atoms with E-state index in [-0.39, 0.29) is 0 Å². The van der Waals surface area contributed by atoms with Crippen LogP contribution in [0, 0.1) is 21.7 Å². The minimum atomic E-state index is -1.23. The number of nitrogens with zero attached hydrogens (tertiary/aromatic N) is 1. The van der Waals surface area contributed by atoms with Crippen LogP contribution in [0.3, 0.4) is 0 Å². The van der Waals surface area contributed by atoms with Crippen molar-refractivity contribution in [3.8, 4) is 0 Å². The Labute approximate surface area is 125 Å². The van der Waals surface area contributed by atoms with E-state index in [1.165, 1.54) is 0 Å². The fourth-order valence-corrected chi connectivity index (χ4v) is 2.19. The van der Waals surface area contributed by atoms with Gasteiger partial charge in [0, 0.05) is 6.54 Å². The van der Waals surface area contributed by atoms with E-state index in [2.05, 4.69) is 5.32 Å². The van der Waals surface area contributed by atoms with Crippen LogP contribution < -0.4 is 5.32 Å². The van der Waals surface area contributed by atoms with Crippen molar-refractivity contribution in [2.45, 2.75) is 19.3 Å². The van der Waals surface area contributed by atoms with Gasteiger partial charge in [-0.3, -0.25) is 14.9 Å². The first-order valence-electron chi connectivity index (χ1n) is 6.38. The van der Waals surface area contributed by atoms with Gasteiger partial charge in [-0.05, 0) is 30.9 Å². The fraction of sp³-hybridized carbons (Fsp3) is 0.462. The Balaban J connectivity index is 2.58. The van der Waals surface area contributed by atoms with Crippen molar-refractivity contribution in [1.29, 1.82) is 0 Å². The van der Waals surface area contributed by atoms with Gasteiger partial charge in [-0.2, -0.15) is 16.2 Å². The molecule has 0 spiro atoms. The summed E-state index contributed by atoms with van der Waals surface area (Å²) in [6.45, 7) is 0.352. The summed E-state index contributed by atoms with van der Waals surface area (Å²) in [6.07, 6.45) is 4.70. The highest BCUT2D eigenvalue weighted by molar-refractivity contribution is 7.98. The minimum Gasteiger partial charge on any atom is -0.352 e. The number of nitro benzene ring substituents is 1. The first kappa shape index (κ1) is 17.4. The monoisotopic (exact) mass is 318 g/mol. The summed E-state index contributed by atoms with van der Waals surface area (Å²) < 4.78 is 27.0. The van der Waals surface area contributed by atoms with Gasteiger partial charge in [0.05, 0.1) is 16.6 Å². The molecule has 0 atom stereocenters. The Bertz CT molecular complexity index is 526. The van der Waals surface area contributed by atoms with Gasteiger partial charge in [0.15, 0.2) is 0 Å². The van der Waals surface area contributed by atoms with E-state index in [0.717, 1.165) is 25.0 Å². The zero-order valence-electron chi connectivity index (χ0n) is 11.5. The Morgan fingerprint density at radius 1 is 1.29 bits per heavy atom. The first-order chi connectivity index (χ1) is 9.97. The minimum absolute atomic E-state index is 0.352. The van der Waals surface area contributed by atoms with Crippen molar-refractivity contribution >= 4 is 23.4 Å². The third-order valence-electron chi connectivity index (χ3n) is 2.79. The molecule has 1 rings (SSSR count). The number of carbonyl (C=O) groups is 1. The highest BCUT2D eigenvalue weighted by atomic mass is 32.2. The second-order valence-electron chi connectivity index (χ2n) is 4.35. The average molecular weight is 318 g/mol. The molecule has 5 nitrogen and oxygen atoms in total. The van der Waals surface area contributed by atoms with E-state index < -0.39 is 33.7 Å². The molecule has 0 saturated carbocycles. The van der Waals surface area contributed by atoms with Crippen LogP contribution >= 0.6 is 11.8 Å². The molecule has 0 bridgehead atoms. The molecule has 0 heterocycles. The number of unbranched alkanes of at least 4 members (excludes halogenated alkanes) is 2. The number of thioether (sulfide) groups is 1. The number of rotatable bonds is 8. The molecule has 1 amide bonds. The molecular weight excluding hydrogens is 302 g/mol. The van der Waals surface area contributed by atoms with Crippen LogP contribution in [0.1, 0.15) is 29.6 Å². The quantitative estimate of drug-likeness (QED) is 0.454. The van der Waals surface area contributed by atoms with E-state index in [0.29, 0.717) is 18.7 Å². The molecular formula is C13H16F2N2O3S. The second kappa shape index (κ2) is 8.56. The third kappa shape index (κ3) is 5.30. The number of nitrogens with one attached hydrogen (secondary N) is 1. The summed E-state index contributed by atoms with van der Waals surface area (Å²) in [5.41, 5.74) is -1.51. The molecule has 0 saturated heterocycles. The van der Waals surface area contributed by atoms with E-state index in [1.807, 2.05) is 6.26 Å². The van der Waals surface area contributed by atoms with Gasteiger partial charge in [0.2, 0.25) is 5.82 Å². The standard InChI is InChI=1S/C13H16F2N2O3S/c1-21-6-4-2-3-5-16-13(18)9-7-11(15)12(17(19)20)8-10(9)14/h7-8H,2-6H2,1H3,(H,16,18). The molecule has 0 unspecified atom stereocenters. The number of hydrogen-bond acceptors (Lipinski definition) is 4. The average Bonchev–Trinajstić information content (AvgIpc) is 2.44. The van der Waals surface area contributed by atoms with Gasteiger partial charge < -0.3 is 5.32 Å². The van der Waals surface area contributed by atoms with E-state index in [4.69, 9.17) is 0 Å². The molecule has 116 valence electrons. The second-order valence-corrected chi connectivity index (χ2v) is 5.34. The molecule has 0 aliphatic heterocycles. The molecule has 1 aromatic rings. The lowest BCUT2D eigenvalue weighted by atomic mass is 10.1. The number of benzene rings is 1. The highest BCUT2D eigenvalue weighted by Gasteiger charge is 2.21. The summed E-state index contributed by atoms with van der Waals surface area (Å²) in [7, 11) is 0. The maximum absolute atomic E-state index is 13.6. The summed E-state index contributed by atoms with van der Waals surface area (Å²) in [6, 6.07) is 0.971. The third-order valence-corrected chi connectivity index (χ3v) is 3.49. The van der Waals surface area contributed by atoms with Crippen LogP contribution in [0.15, 0.2) is 12.1 Å². The van der Waals surface area contributed by atoms with Crippen LogP contribution in [0.5, 0.6) is 0 Å². The van der Waals surface area contributed by atoms with Crippen molar-refractivity contribution in [1.82, 2.24) is 5.32 Å². The number of nitro groups is 1. The molecule has 1 N–H and O–H groups in total. The summed E-state index contributed by atoms with van der Waals surface area (Å²) in [5, 5.41) is 12.9. The molecule has 0 aliphatic rings. The van der Waals surface area contributed by atoms with Gasteiger partial charge in [-0.1, -0.05) is 6.42 Å². The van der Waals surface area contributed by atoms with Crippen molar-refractivity contribution in [3.05, 3.63) is 39.4 Å². The van der Waals surface area contributed by atoms with Gasteiger partial charge in [0.1, 0.15) is 5.82 Å². The Hall–Kier alpha value is -1.70. The summed E-state index contributed by atoms with van der Waals surface area (Å²) in [5.74, 6) is -2.07. The van der Waals surface area contributed by atoms with E-state index in [1.54, 1.807) is 11.8 Å². The van der Waals surface area contributed by atoms with Crippen molar-refractivity contribution in [3.63, 3.8) is 0 Å². The van der Waals surface area contributed by atoms with Gasteiger partial charge >= 0.3 is 5.69 Å². The maximum Gasteiger partial charge on any atom is 0.307 e. The predicted molar refractivity (Wildman–Crippen MR) is 77.6 cm³/mol. The van der Waals surface area contributed by atoms with Gasteiger partial charge in [-0.25, -0.2) is 4.39 Å². The highest BCUT2D eigenvalue weighted by Crippen LogP contribution is 2.21. The number of carbonyl (C=O) groups excluding carboxylic acids is 1. The largest absolute Gasteiger partial charge is 0.352 e. The number of amides is 1. The lowest BCUT2D eigenvalue weighted by Gasteiger charge is -2.06. The van der Waals surface area contributed by atoms with Crippen molar-refractivity contribution < 1.29 is 18.5 Å². The molecule has 0 aromatic heterocycles. The molecule has 8 heteroatoms. The molecule has 0 aliphatic carbocycles. The first-order valence-corrected chi connectivity index (χ1v) is 7.77. The zero-order chi connectivity index (χ0) is 15.8. The van der Waals surface area contributed by atoms with Crippen LogP contribution in [0.4, 0.5) is 14.5 Å². The molecule has 1 aromatic carbocycles. The number of halogens is 2. The van der Waals surface area contributed by atoms with Crippen molar-refractivity contribution in [2.75, 3.05) is 18.6 Å². The Kier molecular flexibility index (Phi) is 7.07. The SMILES string of the molecule is CSCCCCCNC(=O)c1cc(F)c([N+](=O)[O-])cc1F. The van der Waals surface area contributed by atoms with Crippen molar-refractivity contribution in [2.24, 2.45) is 0 Å². The topological polar surface area (TPSA) is 72.2 Å². The van der Waals surface area contributed by atoms with Gasteiger partial charge in [-0.15, -0.1) is 0 Å². The van der Waals surface area contributed by atoms with Crippen LogP contribution in [0.2, 0.25) is 0 Å². The lowest BCUT2D eigenvalue weighted by molar-refractivity contribution is -0.387. The van der Waals surface area contributed by atoms with Crippen LogP contribution in [-0.4, -0.2) is 29.4 Å². The maximum atomic E-state index is 13.6. The normalized spacial score (nSPS) is 10.4. The zero-order valence-corrected chi connectivity index (χ0v) is 12.3. The molecule has 0 radical (unpaired) electrons. The fourth-order valence-electron chi connectivity index (χ4n) is 1.70. The van der Waals surface area contributed by atoms with Gasteiger partial charge in [0.25, 0.3) is 5.91 Å². The Morgan fingerprint density at radius 2 is 2.00 bits per heavy atom. The summed E-state index contributed by atoms with van der Waals surface area (Å²) >= 11 is 1.74. The summed E-state index contributed by atoms with van der Waals surface area (Å²) in [4.78, 5) is 21.1. The molecule has 0 fully saturated rings. The van der Waals surface area contributed by atoms with Crippen LogP contribution in [-0.2, 0) is 0 Å².